The van der Waals surface area contributed by atoms with Gasteiger partial charge in [0.1, 0.15) is 0 Å². The molecular formula is C4H8ClF3O3S. The number of aliphatic hydroxyl groups excluding tert-OH is 1. The van der Waals surface area contributed by atoms with Gasteiger partial charge in [-0.25, -0.2) is 8.42 Å². The molecule has 76 valence electrons. The maximum Gasteiger partial charge on any atom is 0.404 e. The highest BCUT2D eigenvalue weighted by Crippen LogP contribution is 2.18. The van der Waals surface area contributed by atoms with E-state index in [1.165, 1.54) is 0 Å². The minimum Gasteiger partial charge on any atom is -0.397 e. The second kappa shape index (κ2) is 5.60. The highest BCUT2D eigenvalue weighted by atomic mass is 35.7. The summed E-state index contributed by atoms with van der Waals surface area (Å²) in [5, 5.41) is 7.57. The maximum absolute atomic E-state index is 11.1. The molecule has 0 atom stereocenters. The molecule has 0 aromatic carbocycles. The first-order valence-electron chi connectivity index (χ1n) is 2.72. The third kappa shape index (κ3) is 22.5. The van der Waals surface area contributed by atoms with Crippen LogP contribution in [0.2, 0.25) is 0 Å². The Bertz CT molecular complexity index is 198. The number of alkyl halides is 3. The van der Waals surface area contributed by atoms with Crippen molar-refractivity contribution in [1.82, 2.24) is 0 Å². The molecule has 0 aliphatic carbocycles. The van der Waals surface area contributed by atoms with Crippen LogP contribution in [0, 0.1) is 0 Å². The summed E-state index contributed by atoms with van der Waals surface area (Å²) in [7, 11) is -0.165. The van der Waals surface area contributed by atoms with Crippen LogP contribution in [-0.2, 0) is 9.05 Å². The minimum atomic E-state index is -4.74. The molecule has 0 saturated heterocycles. The molecule has 1 N–H and O–H groups in total. The van der Waals surface area contributed by atoms with Gasteiger partial charge in [0.25, 0.3) is 0 Å². The zero-order valence-corrected chi connectivity index (χ0v) is 7.67. The Hall–Kier alpha value is -0.0100. The molecule has 12 heavy (non-hydrogen) atoms. The lowest BCUT2D eigenvalue weighted by Crippen LogP contribution is -2.18. The molecule has 0 radical (unpaired) electrons. The van der Waals surface area contributed by atoms with Crippen molar-refractivity contribution >= 4 is 19.7 Å². The van der Waals surface area contributed by atoms with Crippen LogP contribution < -0.4 is 0 Å². The van der Waals surface area contributed by atoms with E-state index in [1.807, 2.05) is 0 Å². The molecule has 0 heterocycles. The smallest absolute Gasteiger partial charge is 0.397 e. The Morgan fingerprint density at radius 1 is 1.42 bits per heavy atom. The predicted octanol–water partition coefficient (Wildman–Crippen LogP) is 1.12. The molecule has 8 heteroatoms. The van der Waals surface area contributed by atoms with Gasteiger partial charge in [0.2, 0.25) is 9.05 Å². The highest BCUT2D eigenvalue weighted by Gasteiger charge is 2.33. The summed E-state index contributed by atoms with van der Waals surface area (Å²) in [6.07, 6.45) is -4.74. The summed E-state index contributed by atoms with van der Waals surface area (Å²) in [4.78, 5) is 0. The quantitative estimate of drug-likeness (QED) is 0.685. The summed E-state index contributed by atoms with van der Waals surface area (Å²) >= 11 is 0. The molecule has 0 saturated carbocycles. The van der Waals surface area contributed by atoms with E-state index < -0.39 is 21.0 Å². The summed E-state index contributed by atoms with van der Waals surface area (Å²) in [6, 6.07) is 0. The van der Waals surface area contributed by atoms with Gasteiger partial charge in [0.15, 0.2) is 5.75 Å². The maximum atomic E-state index is 11.1. The van der Waals surface area contributed by atoms with Crippen LogP contribution in [-0.4, -0.2) is 32.1 Å². The van der Waals surface area contributed by atoms with Crippen LogP contribution in [0.15, 0.2) is 0 Å². The third-order valence-electron chi connectivity index (χ3n) is 0.336. The zero-order valence-electron chi connectivity index (χ0n) is 6.10. The fraction of sp³-hybridized carbons (Fsp3) is 1.00. The molecule has 0 fully saturated rings. The molecule has 0 unspecified atom stereocenters. The molecule has 0 bridgehead atoms. The van der Waals surface area contributed by atoms with Gasteiger partial charge in [-0.05, 0) is 6.92 Å². The molecule has 0 aliphatic rings. The second-order valence-electron chi connectivity index (χ2n) is 1.61. The third-order valence-corrected chi connectivity index (χ3v) is 1.34. The Morgan fingerprint density at radius 2 is 1.67 bits per heavy atom. The van der Waals surface area contributed by atoms with E-state index in [2.05, 4.69) is 10.7 Å². The fourth-order valence-electron chi connectivity index (χ4n) is 0.195. The van der Waals surface area contributed by atoms with Crippen LogP contribution in [0.4, 0.5) is 13.2 Å². The molecule has 0 amide bonds. The number of aliphatic hydroxyl groups is 1. The first-order chi connectivity index (χ1) is 5.12. The Balaban J connectivity index is 0. The first kappa shape index (κ1) is 14.5. The lowest BCUT2D eigenvalue weighted by Gasteiger charge is -2.00. The number of hydrogen-bond acceptors (Lipinski definition) is 3. The molecule has 0 rings (SSSR count). The van der Waals surface area contributed by atoms with Crippen molar-refractivity contribution in [3.05, 3.63) is 0 Å². The van der Waals surface area contributed by atoms with Gasteiger partial charge in [-0.1, -0.05) is 0 Å². The summed E-state index contributed by atoms with van der Waals surface area (Å²) < 4.78 is 52.6. The van der Waals surface area contributed by atoms with E-state index in [0.29, 0.717) is 0 Å². The number of halogens is 4. The molecule has 3 nitrogen and oxygen atoms in total. The van der Waals surface area contributed by atoms with Crippen LogP contribution in [0.5, 0.6) is 0 Å². The molecule has 0 aromatic heterocycles. The normalized spacial score (nSPS) is 11.8. The van der Waals surface area contributed by atoms with Crippen molar-refractivity contribution < 1.29 is 26.7 Å². The Labute approximate surface area is 72.6 Å². The van der Waals surface area contributed by atoms with Gasteiger partial charge in [-0.2, -0.15) is 13.2 Å². The summed E-state index contributed by atoms with van der Waals surface area (Å²) in [5.74, 6) is -1.97. The standard InChI is InChI=1S/C2H2ClF3O2S.C2H6O/c3-9(7,8)1-2(4,5)6;1-2-3/h1H2;3H,2H2,1H3. The van der Waals surface area contributed by atoms with Crippen LogP contribution >= 0.6 is 10.7 Å². The molecule has 0 aliphatic heterocycles. The van der Waals surface area contributed by atoms with Crippen molar-refractivity contribution in [2.75, 3.05) is 12.4 Å². The topological polar surface area (TPSA) is 54.4 Å². The van der Waals surface area contributed by atoms with Crippen LogP contribution in [0.1, 0.15) is 6.92 Å². The van der Waals surface area contributed by atoms with E-state index >= 15 is 0 Å². The minimum absolute atomic E-state index is 0.250. The average molecular weight is 229 g/mol. The van der Waals surface area contributed by atoms with Crippen LogP contribution in [0.25, 0.3) is 0 Å². The van der Waals surface area contributed by atoms with E-state index in [9.17, 15) is 21.6 Å². The van der Waals surface area contributed by atoms with E-state index in [-0.39, 0.29) is 6.61 Å². The molecule has 0 aromatic rings. The Kier molecular flexibility index (Phi) is 6.78. The highest BCUT2D eigenvalue weighted by molar-refractivity contribution is 8.13. The van der Waals surface area contributed by atoms with Crippen molar-refractivity contribution in [3.8, 4) is 0 Å². The molecule has 0 spiro atoms. The fourth-order valence-corrected chi connectivity index (χ4v) is 0.958. The van der Waals surface area contributed by atoms with Crippen molar-refractivity contribution in [2.24, 2.45) is 0 Å². The van der Waals surface area contributed by atoms with Gasteiger partial charge in [0.05, 0.1) is 0 Å². The van der Waals surface area contributed by atoms with Gasteiger partial charge >= 0.3 is 6.18 Å². The van der Waals surface area contributed by atoms with E-state index in [4.69, 9.17) is 5.11 Å². The number of hydrogen-bond donors (Lipinski definition) is 1. The van der Waals surface area contributed by atoms with Crippen LogP contribution in [0.3, 0.4) is 0 Å². The average Bonchev–Trinajstić information content (AvgIpc) is 1.53. The largest absolute Gasteiger partial charge is 0.404 e. The molecular weight excluding hydrogens is 221 g/mol. The SMILES string of the molecule is CCO.O=S(=O)(Cl)CC(F)(F)F. The summed E-state index contributed by atoms with van der Waals surface area (Å²) in [5.41, 5.74) is 0. The van der Waals surface area contributed by atoms with Gasteiger partial charge in [-0.15, -0.1) is 0 Å². The zero-order chi connectivity index (χ0) is 10.4. The number of rotatable bonds is 1. The lowest BCUT2D eigenvalue weighted by atomic mass is 10.8. The van der Waals surface area contributed by atoms with E-state index in [1.54, 1.807) is 6.92 Å². The van der Waals surface area contributed by atoms with Crippen molar-refractivity contribution in [3.63, 3.8) is 0 Å². The van der Waals surface area contributed by atoms with Crippen molar-refractivity contribution in [2.45, 2.75) is 13.1 Å². The van der Waals surface area contributed by atoms with Gasteiger partial charge < -0.3 is 5.11 Å². The first-order valence-corrected chi connectivity index (χ1v) is 5.20. The Morgan fingerprint density at radius 3 is 1.67 bits per heavy atom. The summed E-state index contributed by atoms with van der Waals surface area (Å²) in [6.45, 7) is 1.93. The van der Waals surface area contributed by atoms with Gasteiger partial charge in [-0.3, -0.25) is 0 Å². The predicted molar refractivity (Wildman–Crippen MR) is 38.5 cm³/mol. The van der Waals surface area contributed by atoms with Gasteiger partial charge in [0, 0.05) is 17.3 Å². The van der Waals surface area contributed by atoms with Crippen molar-refractivity contribution in [1.29, 1.82) is 0 Å². The lowest BCUT2D eigenvalue weighted by molar-refractivity contribution is -0.106. The van der Waals surface area contributed by atoms with E-state index in [0.717, 1.165) is 0 Å². The monoisotopic (exact) mass is 228 g/mol. The second-order valence-corrected chi connectivity index (χ2v) is 4.39.